The first kappa shape index (κ1) is 11.2. The highest BCUT2D eigenvalue weighted by molar-refractivity contribution is 5.77. The number of nitrogens with two attached hydrogens (primary N) is 1. The van der Waals surface area contributed by atoms with Crippen molar-refractivity contribution in [1.82, 2.24) is 10.2 Å². The highest BCUT2D eigenvalue weighted by Gasteiger charge is 2.35. The first-order valence-corrected chi connectivity index (χ1v) is 6.31. The number of urea groups is 1. The van der Waals surface area contributed by atoms with Crippen molar-refractivity contribution in [3.05, 3.63) is 23.8 Å². The predicted octanol–water partition coefficient (Wildman–Crippen LogP) is 0.791. The molecule has 0 aliphatic carbocycles. The molecule has 18 heavy (non-hydrogen) atoms. The summed E-state index contributed by atoms with van der Waals surface area (Å²) in [6, 6.07) is 6.37. The van der Waals surface area contributed by atoms with Gasteiger partial charge in [-0.2, -0.15) is 0 Å². The molecule has 0 saturated carbocycles. The molecule has 0 aromatic heterocycles. The maximum Gasteiger partial charge on any atom is 0.317 e. The largest absolute Gasteiger partial charge is 0.398 e. The van der Waals surface area contributed by atoms with Crippen LogP contribution in [0.15, 0.2) is 18.2 Å². The van der Waals surface area contributed by atoms with Crippen molar-refractivity contribution in [2.75, 3.05) is 36.8 Å². The van der Waals surface area contributed by atoms with Crippen LogP contribution in [0.2, 0.25) is 0 Å². The number of fused-ring (bicyclic) bond motifs is 1. The van der Waals surface area contributed by atoms with E-state index in [4.69, 9.17) is 5.73 Å². The van der Waals surface area contributed by atoms with E-state index >= 15 is 0 Å². The maximum absolute atomic E-state index is 11.5. The monoisotopic (exact) mass is 246 g/mol. The van der Waals surface area contributed by atoms with Crippen molar-refractivity contribution < 1.29 is 4.79 Å². The van der Waals surface area contributed by atoms with Gasteiger partial charge in [0.15, 0.2) is 0 Å². The number of carbonyl (C=O) groups is 1. The Labute approximate surface area is 107 Å². The number of benzene rings is 1. The Kier molecular flexibility index (Phi) is 2.54. The van der Waals surface area contributed by atoms with E-state index in [9.17, 15) is 4.79 Å². The Morgan fingerprint density at radius 3 is 3.06 bits per heavy atom. The SMILES string of the molecule is Cc1c(N)cccc1N1CCN2C(=O)NCC2C1. The number of nitrogens with one attached hydrogen (secondary N) is 1. The second-order valence-corrected chi connectivity index (χ2v) is 4.97. The number of rotatable bonds is 1. The zero-order valence-corrected chi connectivity index (χ0v) is 10.5. The molecular weight excluding hydrogens is 228 g/mol. The van der Waals surface area contributed by atoms with E-state index < -0.39 is 0 Å². The standard InChI is InChI=1S/C13H18N4O/c1-9-11(14)3-2-4-12(9)16-5-6-17-10(8-16)7-15-13(17)18/h2-4,10H,5-8,14H2,1H3,(H,15,18). The molecule has 1 atom stereocenters. The van der Waals surface area contributed by atoms with Crippen LogP contribution in [0.25, 0.3) is 0 Å². The molecule has 2 amide bonds. The second kappa shape index (κ2) is 4.08. The summed E-state index contributed by atoms with van der Waals surface area (Å²) >= 11 is 0. The number of hydrogen-bond donors (Lipinski definition) is 2. The van der Waals surface area contributed by atoms with Gasteiger partial charge in [-0.15, -0.1) is 0 Å². The lowest BCUT2D eigenvalue weighted by Crippen LogP contribution is -2.52. The third-order valence-corrected chi connectivity index (χ3v) is 3.92. The first-order valence-electron chi connectivity index (χ1n) is 6.31. The molecule has 1 unspecified atom stereocenters. The van der Waals surface area contributed by atoms with Crippen LogP contribution in [-0.4, -0.2) is 43.2 Å². The van der Waals surface area contributed by atoms with Gasteiger partial charge in [0, 0.05) is 37.6 Å². The van der Waals surface area contributed by atoms with Crippen LogP contribution in [0, 0.1) is 6.92 Å². The topological polar surface area (TPSA) is 61.6 Å². The third kappa shape index (κ3) is 1.66. The van der Waals surface area contributed by atoms with Gasteiger partial charge in [-0.25, -0.2) is 4.79 Å². The van der Waals surface area contributed by atoms with E-state index in [1.54, 1.807) is 0 Å². The summed E-state index contributed by atoms with van der Waals surface area (Å²) in [7, 11) is 0. The van der Waals surface area contributed by atoms with Crippen LogP contribution in [0.4, 0.5) is 16.2 Å². The quantitative estimate of drug-likeness (QED) is 0.720. The van der Waals surface area contributed by atoms with Crippen LogP contribution in [-0.2, 0) is 0 Å². The van der Waals surface area contributed by atoms with Gasteiger partial charge in [0.2, 0.25) is 0 Å². The van der Waals surface area contributed by atoms with Crippen molar-refractivity contribution >= 4 is 17.4 Å². The number of hydrogen-bond acceptors (Lipinski definition) is 3. The minimum absolute atomic E-state index is 0.0731. The molecule has 5 nitrogen and oxygen atoms in total. The van der Waals surface area contributed by atoms with Gasteiger partial charge in [-0.3, -0.25) is 0 Å². The third-order valence-electron chi connectivity index (χ3n) is 3.92. The summed E-state index contributed by atoms with van der Waals surface area (Å²) in [4.78, 5) is 15.8. The summed E-state index contributed by atoms with van der Waals surface area (Å²) in [6.07, 6.45) is 0. The van der Waals surface area contributed by atoms with E-state index in [0.29, 0.717) is 0 Å². The van der Waals surface area contributed by atoms with Crippen molar-refractivity contribution in [1.29, 1.82) is 0 Å². The fourth-order valence-corrected chi connectivity index (χ4v) is 2.81. The Morgan fingerprint density at radius 1 is 1.39 bits per heavy atom. The van der Waals surface area contributed by atoms with Crippen LogP contribution in [0.1, 0.15) is 5.56 Å². The lowest BCUT2D eigenvalue weighted by atomic mass is 10.1. The zero-order valence-electron chi connectivity index (χ0n) is 10.5. The number of carbonyl (C=O) groups excluding carboxylic acids is 1. The van der Waals surface area contributed by atoms with Gasteiger partial charge in [-0.05, 0) is 24.6 Å². The Hall–Kier alpha value is -1.91. The molecule has 2 aliphatic heterocycles. The van der Waals surface area contributed by atoms with Crippen LogP contribution >= 0.6 is 0 Å². The van der Waals surface area contributed by atoms with E-state index in [0.717, 1.165) is 37.4 Å². The van der Waals surface area contributed by atoms with Gasteiger partial charge in [0.1, 0.15) is 0 Å². The van der Waals surface area contributed by atoms with Gasteiger partial charge in [0.25, 0.3) is 0 Å². The second-order valence-electron chi connectivity index (χ2n) is 4.97. The van der Waals surface area contributed by atoms with Crippen molar-refractivity contribution in [3.8, 4) is 0 Å². The molecule has 2 saturated heterocycles. The predicted molar refractivity (Wildman–Crippen MR) is 71.7 cm³/mol. The van der Waals surface area contributed by atoms with Crippen molar-refractivity contribution in [2.45, 2.75) is 13.0 Å². The van der Waals surface area contributed by atoms with E-state index in [1.165, 1.54) is 5.69 Å². The van der Waals surface area contributed by atoms with Crippen LogP contribution in [0.5, 0.6) is 0 Å². The van der Waals surface area contributed by atoms with Crippen LogP contribution in [0.3, 0.4) is 0 Å². The van der Waals surface area contributed by atoms with Crippen molar-refractivity contribution in [3.63, 3.8) is 0 Å². The summed E-state index contributed by atoms with van der Waals surface area (Å²) in [6.45, 7) is 5.33. The summed E-state index contributed by atoms with van der Waals surface area (Å²) in [5.74, 6) is 0. The summed E-state index contributed by atoms with van der Waals surface area (Å²) in [5.41, 5.74) is 9.10. The highest BCUT2D eigenvalue weighted by atomic mass is 16.2. The van der Waals surface area contributed by atoms with Gasteiger partial charge in [0.05, 0.1) is 6.04 Å². The van der Waals surface area contributed by atoms with E-state index in [2.05, 4.69) is 23.2 Å². The Balaban J connectivity index is 1.83. The first-order chi connectivity index (χ1) is 8.66. The average Bonchev–Trinajstić information content (AvgIpc) is 2.74. The van der Waals surface area contributed by atoms with E-state index in [1.807, 2.05) is 17.0 Å². The Morgan fingerprint density at radius 2 is 2.22 bits per heavy atom. The molecule has 0 radical (unpaired) electrons. The normalized spacial score (nSPS) is 22.9. The molecule has 1 aromatic rings. The van der Waals surface area contributed by atoms with E-state index in [-0.39, 0.29) is 12.1 Å². The van der Waals surface area contributed by atoms with Crippen molar-refractivity contribution in [2.24, 2.45) is 0 Å². The lowest BCUT2D eigenvalue weighted by Gasteiger charge is -2.38. The molecule has 2 heterocycles. The number of piperazine rings is 1. The zero-order chi connectivity index (χ0) is 12.7. The van der Waals surface area contributed by atoms with Gasteiger partial charge in [-0.1, -0.05) is 6.07 Å². The number of nitrogens with zero attached hydrogens (tertiary/aromatic N) is 2. The number of anilines is 2. The highest BCUT2D eigenvalue weighted by Crippen LogP contribution is 2.27. The number of amides is 2. The molecule has 1 aromatic carbocycles. The minimum atomic E-state index is 0.0731. The molecular formula is C13H18N4O. The fourth-order valence-electron chi connectivity index (χ4n) is 2.81. The number of nitrogen functional groups attached to an aromatic ring is 1. The molecule has 0 bridgehead atoms. The molecule has 3 N–H and O–H groups in total. The average molecular weight is 246 g/mol. The lowest BCUT2D eigenvalue weighted by molar-refractivity contribution is 0.197. The summed E-state index contributed by atoms with van der Waals surface area (Å²) < 4.78 is 0. The molecule has 96 valence electrons. The summed E-state index contributed by atoms with van der Waals surface area (Å²) in [5, 5.41) is 2.90. The maximum atomic E-state index is 11.5. The molecule has 2 aliphatic rings. The van der Waals surface area contributed by atoms with Gasteiger partial charge >= 0.3 is 6.03 Å². The van der Waals surface area contributed by atoms with Gasteiger partial charge < -0.3 is 20.9 Å². The fraction of sp³-hybridized carbons (Fsp3) is 0.462. The molecule has 0 spiro atoms. The molecule has 5 heteroatoms. The molecule has 3 rings (SSSR count). The smallest absolute Gasteiger partial charge is 0.317 e. The minimum Gasteiger partial charge on any atom is -0.398 e. The molecule has 2 fully saturated rings. The van der Waals surface area contributed by atoms with Crippen LogP contribution < -0.4 is 16.0 Å². The Bertz CT molecular complexity index is 488.